The van der Waals surface area contributed by atoms with Gasteiger partial charge in [-0.25, -0.2) is 0 Å². The van der Waals surface area contributed by atoms with E-state index in [0.29, 0.717) is 15.0 Å². The second-order valence-electron chi connectivity index (χ2n) is 3.69. The van der Waals surface area contributed by atoms with Gasteiger partial charge in [-0.15, -0.1) is 0 Å². The van der Waals surface area contributed by atoms with Gasteiger partial charge in [0, 0.05) is 16.3 Å². The standard InChI is InChI=1S/C13H10Cl2N2S/c14-9-3-6-12(11(15)7-9)17-10-4-1-8(2-5-10)13(16)18/h1-7,17H,(H2,16,18). The summed E-state index contributed by atoms with van der Waals surface area (Å²) >= 11 is 16.8. The van der Waals surface area contributed by atoms with Gasteiger partial charge in [-0.2, -0.15) is 0 Å². The lowest BCUT2D eigenvalue weighted by molar-refractivity contribution is 1.53. The summed E-state index contributed by atoms with van der Waals surface area (Å²) in [6.07, 6.45) is 0. The summed E-state index contributed by atoms with van der Waals surface area (Å²) in [5.41, 5.74) is 8.06. The molecule has 2 aromatic rings. The molecule has 5 heteroatoms. The van der Waals surface area contributed by atoms with Gasteiger partial charge in [-0.3, -0.25) is 0 Å². The van der Waals surface area contributed by atoms with Crippen LogP contribution in [0.3, 0.4) is 0 Å². The molecule has 92 valence electrons. The number of hydrogen-bond acceptors (Lipinski definition) is 2. The average Bonchev–Trinajstić information content (AvgIpc) is 2.33. The molecule has 0 aliphatic carbocycles. The molecule has 0 amide bonds. The number of halogens is 2. The van der Waals surface area contributed by atoms with Gasteiger partial charge in [0.1, 0.15) is 4.99 Å². The SMILES string of the molecule is NC(=S)c1ccc(Nc2ccc(Cl)cc2Cl)cc1. The number of nitrogens with two attached hydrogens (primary N) is 1. The molecule has 0 bridgehead atoms. The van der Waals surface area contributed by atoms with Gasteiger partial charge < -0.3 is 11.1 Å². The fraction of sp³-hybridized carbons (Fsp3) is 0. The zero-order valence-corrected chi connectivity index (χ0v) is 11.6. The lowest BCUT2D eigenvalue weighted by Gasteiger charge is -2.09. The van der Waals surface area contributed by atoms with E-state index in [1.54, 1.807) is 12.1 Å². The monoisotopic (exact) mass is 296 g/mol. The molecule has 0 aliphatic rings. The molecular weight excluding hydrogens is 287 g/mol. The summed E-state index contributed by atoms with van der Waals surface area (Å²) < 4.78 is 0. The molecule has 0 saturated heterocycles. The summed E-state index contributed by atoms with van der Waals surface area (Å²) in [5, 5.41) is 4.37. The van der Waals surface area contributed by atoms with Crippen LogP contribution in [-0.2, 0) is 0 Å². The predicted octanol–water partition coefficient (Wildman–Crippen LogP) is 4.37. The number of nitrogens with one attached hydrogen (secondary N) is 1. The van der Waals surface area contributed by atoms with Crippen molar-refractivity contribution in [2.75, 3.05) is 5.32 Å². The molecule has 2 nitrogen and oxygen atoms in total. The summed E-state index contributed by atoms with van der Waals surface area (Å²) in [4.78, 5) is 0.381. The van der Waals surface area contributed by atoms with E-state index >= 15 is 0 Å². The smallest absolute Gasteiger partial charge is 0.103 e. The minimum Gasteiger partial charge on any atom is -0.389 e. The maximum Gasteiger partial charge on any atom is 0.103 e. The van der Waals surface area contributed by atoms with Gasteiger partial charge in [0.05, 0.1) is 10.7 Å². The fourth-order valence-corrected chi connectivity index (χ4v) is 2.06. The van der Waals surface area contributed by atoms with Crippen molar-refractivity contribution in [2.24, 2.45) is 5.73 Å². The van der Waals surface area contributed by atoms with Crippen molar-refractivity contribution in [3.63, 3.8) is 0 Å². The van der Waals surface area contributed by atoms with E-state index in [-0.39, 0.29) is 0 Å². The highest BCUT2D eigenvalue weighted by Crippen LogP contribution is 2.28. The van der Waals surface area contributed by atoms with Crippen molar-refractivity contribution in [2.45, 2.75) is 0 Å². The number of thiocarbonyl (C=S) groups is 1. The third kappa shape index (κ3) is 3.13. The molecule has 0 heterocycles. The maximum absolute atomic E-state index is 6.07. The van der Waals surface area contributed by atoms with E-state index in [2.05, 4.69) is 5.32 Å². The Hall–Kier alpha value is -1.29. The highest BCUT2D eigenvalue weighted by molar-refractivity contribution is 7.80. The van der Waals surface area contributed by atoms with Crippen LogP contribution in [0.15, 0.2) is 42.5 Å². The quantitative estimate of drug-likeness (QED) is 0.826. The van der Waals surface area contributed by atoms with Gasteiger partial charge >= 0.3 is 0 Å². The fourth-order valence-electron chi connectivity index (χ4n) is 1.46. The van der Waals surface area contributed by atoms with Crippen molar-refractivity contribution in [1.82, 2.24) is 0 Å². The zero-order valence-electron chi connectivity index (χ0n) is 9.28. The van der Waals surface area contributed by atoms with Crippen LogP contribution in [0.25, 0.3) is 0 Å². The van der Waals surface area contributed by atoms with Crippen LogP contribution in [0, 0.1) is 0 Å². The molecule has 2 aromatic carbocycles. The molecule has 0 radical (unpaired) electrons. The van der Waals surface area contributed by atoms with Crippen LogP contribution in [-0.4, -0.2) is 4.99 Å². The number of hydrogen-bond donors (Lipinski definition) is 2. The van der Waals surface area contributed by atoms with E-state index < -0.39 is 0 Å². The average molecular weight is 297 g/mol. The zero-order chi connectivity index (χ0) is 13.1. The molecule has 0 atom stereocenters. The van der Waals surface area contributed by atoms with E-state index in [4.69, 9.17) is 41.2 Å². The Bertz CT molecular complexity index is 582. The predicted molar refractivity (Wildman–Crippen MR) is 82.1 cm³/mol. The first-order valence-electron chi connectivity index (χ1n) is 5.18. The Kier molecular flexibility index (Phi) is 4.07. The summed E-state index contributed by atoms with van der Waals surface area (Å²) in [7, 11) is 0. The normalized spacial score (nSPS) is 10.1. The second-order valence-corrected chi connectivity index (χ2v) is 4.97. The van der Waals surface area contributed by atoms with Crippen LogP contribution in [0.5, 0.6) is 0 Å². The molecule has 0 aliphatic heterocycles. The van der Waals surface area contributed by atoms with Crippen LogP contribution >= 0.6 is 35.4 Å². The molecule has 0 spiro atoms. The van der Waals surface area contributed by atoms with Crippen LogP contribution in [0.1, 0.15) is 5.56 Å². The highest BCUT2D eigenvalue weighted by Gasteiger charge is 2.02. The highest BCUT2D eigenvalue weighted by atomic mass is 35.5. The minimum absolute atomic E-state index is 0.381. The molecular formula is C13H10Cl2N2S. The second kappa shape index (κ2) is 5.57. The van der Waals surface area contributed by atoms with E-state index in [1.165, 1.54) is 0 Å². The molecule has 2 rings (SSSR count). The first kappa shape index (κ1) is 13.1. The van der Waals surface area contributed by atoms with Crippen molar-refractivity contribution >= 4 is 51.8 Å². The number of anilines is 2. The molecule has 0 fully saturated rings. The largest absolute Gasteiger partial charge is 0.389 e. The van der Waals surface area contributed by atoms with Crippen molar-refractivity contribution < 1.29 is 0 Å². The Labute approximate surface area is 121 Å². The van der Waals surface area contributed by atoms with Crippen molar-refractivity contribution in [3.05, 3.63) is 58.1 Å². The molecule has 0 unspecified atom stereocenters. The van der Waals surface area contributed by atoms with Crippen molar-refractivity contribution in [1.29, 1.82) is 0 Å². The lowest BCUT2D eigenvalue weighted by atomic mass is 10.2. The van der Waals surface area contributed by atoms with Gasteiger partial charge in [0.2, 0.25) is 0 Å². The Balaban J connectivity index is 2.21. The molecule has 0 aromatic heterocycles. The van der Waals surface area contributed by atoms with Gasteiger partial charge in [-0.1, -0.05) is 35.4 Å². The van der Waals surface area contributed by atoms with Gasteiger partial charge in [0.25, 0.3) is 0 Å². The van der Waals surface area contributed by atoms with Crippen LogP contribution in [0.2, 0.25) is 10.0 Å². The van der Waals surface area contributed by atoms with E-state index in [9.17, 15) is 0 Å². The van der Waals surface area contributed by atoms with Crippen LogP contribution < -0.4 is 11.1 Å². The topological polar surface area (TPSA) is 38.0 Å². The first-order valence-corrected chi connectivity index (χ1v) is 6.34. The minimum atomic E-state index is 0.381. The van der Waals surface area contributed by atoms with E-state index in [0.717, 1.165) is 16.9 Å². The maximum atomic E-state index is 6.07. The lowest BCUT2D eigenvalue weighted by Crippen LogP contribution is -2.08. The number of rotatable bonds is 3. The Morgan fingerprint density at radius 1 is 1.06 bits per heavy atom. The Morgan fingerprint density at radius 3 is 2.28 bits per heavy atom. The van der Waals surface area contributed by atoms with Gasteiger partial charge in [-0.05, 0) is 42.5 Å². The molecule has 18 heavy (non-hydrogen) atoms. The molecule has 3 N–H and O–H groups in total. The van der Waals surface area contributed by atoms with Crippen LogP contribution in [0.4, 0.5) is 11.4 Å². The van der Waals surface area contributed by atoms with E-state index in [1.807, 2.05) is 30.3 Å². The Morgan fingerprint density at radius 2 is 1.72 bits per heavy atom. The summed E-state index contributed by atoms with van der Waals surface area (Å²) in [6.45, 7) is 0. The number of benzene rings is 2. The third-order valence-electron chi connectivity index (χ3n) is 2.38. The molecule has 0 saturated carbocycles. The summed E-state index contributed by atoms with van der Waals surface area (Å²) in [6, 6.07) is 12.8. The summed E-state index contributed by atoms with van der Waals surface area (Å²) in [5.74, 6) is 0. The van der Waals surface area contributed by atoms with Crippen molar-refractivity contribution in [3.8, 4) is 0 Å². The first-order chi connectivity index (χ1) is 8.56. The van der Waals surface area contributed by atoms with Gasteiger partial charge in [0.15, 0.2) is 0 Å². The third-order valence-corrected chi connectivity index (χ3v) is 3.16.